The number of nitro benzene ring substituents is 1. The van der Waals surface area contributed by atoms with Crippen molar-refractivity contribution in [2.75, 3.05) is 38.2 Å². The summed E-state index contributed by atoms with van der Waals surface area (Å²) in [5.41, 5.74) is 2.17. The van der Waals surface area contributed by atoms with Gasteiger partial charge in [0.1, 0.15) is 5.75 Å². The average Bonchev–Trinajstić information content (AvgIpc) is 2.67. The molecule has 0 N–H and O–H groups in total. The molecule has 0 aliphatic carbocycles. The molecular formula is C19H20ClN3O4. The van der Waals surface area contributed by atoms with Crippen LogP contribution < -0.4 is 9.64 Å². The van der Waals surface area contributed by atoms with Crippen molar-refractivity contribution < 1.29 is 14.5 Å². The quantitative estimate of drug-likeness (QED) is 0.590. The van der Waals surface area contributed by atoms with Gasteiger partial charge >= 0.3 is 0 Å². The van der Waals surface area contributed by atoms with Crippen LogP contribution in [0, 0.1) is 17.0 Å². The number of nitro groups is 1. The van der Waals surface area contributed by atoms with Gasteiger partial charge in [-0.1, -0.05) is 23.7 Å². The Labute approximate surface area is 162 Å². The maximum Gasteiger partial charge on any atom is 0.271 e. The lowest BCUT2D eigenvalue weighted by Gasteiger charge is -2.36. The molecule has 2 aromatic carbocycles. The lowest BCUT2D eigenvalue weighted by Crippen LogP contribution is -2.49. The number of non-ortho nitro benzene ring substituents is 1. The van der Waals surface area contributed by atoms with Gasteiger partial charge in [-0.3, -0.25) is 14.9 Å². The number of aryl methyl sites for hydroxylation is 1. The lowest BCUT2D eigenvalue weighted by atomic mass is 10.1. The van der Waals surface area contributed by atoms with Gasteiger partial charge in [0, 0.05) is 38.3 Å². The fraction of sp³-hybridized carbons (Fsp3) is 0.316. The highest BCUT2D eigenvalue weighted by Gasteiger charge is 2.26. The Balaban J connectivity index is 1.72. The number of carbonyl (C=O) groups excluding carboxylic acids is 1. The molecule has 0 saturated carbocycles. The van der Waals surface area contributed by atoms with Crippen LogP contribution in [0.25, 0.3) is 0 Å². The number of halogens is 1. The molecule has 1 aliphatic heterocycles. The van der Waals surface area contributed by atoms with E-state index in [1.807, 2.05) is 24.0 Å². The van der Waals surface area contributed by atoms with Crippen molar-refractivity contribution in [2.45, 2.75) is 6.92 Å². The third-order valence-electron chi connectivity index (χ3n) is 4.70. The number of amides is 1. The SMILES string of the molecule is COc1c(C)cccc1C(=O)N1CCN(c2ccc([N+](=O)[O-])cc2Cl)CC1. The summed E-state index contributed by atoms with van der Waals surface area (Å²) in [6.07, 6.45) is 0. The van der Waals surface area contributed by atoms with Gasteiger partial charge in [-0.15, -0.1) is 0 Å². The number of carbonyl (C=O) groups is 1. The number of hydrogen-bond acceptors (Lipinski definition) is 5. The summed E-state index contributed by atoms with van der Waals surface area (Å²) < 4.78 is 5.39. The third-order valence-corrected chi connectivity index (χ3v) is 5.00. The third kappa shape index (κ3) is 3.83. The van der Waals surface area contributed by atoms with E-state index in [9.17, 15) is 14.9 Å². The molecule has 7 nitrogen and oxygen atoms in total. The maximum atomic E-state index is 12.9. The monoisotopic (exact) mass is 389 g/mol. The highest BCUT2D eigenvalue weighted by molar-refractivity contribution is 6.33. The van der Waals surface area contributed by atoms with E-state index in [4.69, 9.17) is 16.3 Å². The second kappa shape index (κ2) is 7.84. The molecule has 0 aromatic heterocycles. The summed E-state index contributed by atoms with van der Waals surface area (Å²) in [6, 6.07) is 9.97. The van der Waals surface area contributed by atoms with Crippen molar-refractivity contribution in [2.24, 2.45) is 0 Å². The van der Waals surface area contributed by atoms with Crippen molar-refractivity contribution in [3.05, 3.63) is 62.7 Å². The van der Waals surface area contributed by atoms with Crippen molar-refractivity contribution >= 4 is 28.9 Å². The second-order valence-corrected chi connectivity index (χ2v) is 6.73. The van der Waals surface area contributed by atoms with Gasteiger partial charge in [0.2, 0.25) is 0 Å². The molecule has 8 heteroatoms. The first kappa shape index (κ1) is 19.0. The molecule has 0 spiro atoms. The van der Waals surface area contributed by atoms with Crippen LogP contribution in [0.1, 0.15) is 15.9 Å². The topological polar surface area (TPSA) is 75.9 Å². The summed E-state index contributed by atoms with van der Waals surface area (Å²) in [4.78, 5) is 27.1. The second-order valence-electron chi connectivity index (χ2n) is 6.33. The Morgan fingerprint density at radius 3 is 2.48 bits per heavy atom. The smallest absolute Gasteiger partial charge is 0.271 e. The molecule has 1 saturated heterocycles. The van der Waals surface area contributed by atoms with Gasteiger partial charge in [0.05, 0.1) is 28.3 Å². The first-order valence-electron chi connectivity index (χ1n) is 8.54. The minimum absolute atomic E-state index is 0.0379. The molecule has 0 atom stereocenters. The number of piperazine rings is 1. The van der Waals surface area contributed by atoms with E-state index in [1.165, 1.54) is 12.1 Å². The predicted octanol–water partition coefficient (Wildman–Crippen LogP) is 3.53. The maximum absolute atomic E-state index is 12.9. The number of methoxy groups -OCH3 is 1. The van der Waals surface area contributed by atoms with Gasteiger partial charge < -0.3 is 14.5 Å². The van der Waals surface area contributed by atoms with Crippen LogP contribution in [0.5, 0.6) is 5.75 Å². The number of para-hydroxylation sites is 1. The molecule has 1 heterocycles. The minimum atomic E-state index is -0.471. The van der Waals surface area contributed by atoms with E-state index < -0.39 is 4.92 Å². The Morgan fingerprint density at radius 2 is 1.89 bits per heavy atom. The van der Waals surface area contributed by atoms with Crippen molar-refractivity contribution in [1.29, 1.82) is 0 Å². The zero-order chi connectivity index (χ0) is 19.6. The number of rotatable bonds is 4. The van der Waals surface area contributed by atoms with E-state index in [0.29, 0.717) is 42.5 Å². The van der Waals surface area contributed by atoms with Crippen molar-refractivity contribution in [3.63, 3.8) is 0 Å². The molecular weight excluding hydrogens is 370 g/mol. The predicted molar refractivity (Wildman–Crippen MR) is 104 cm³/mol. The molecule has 1 aliphatic rings. The largest absolute Gasteiger partial charge is 0.496 e. The Morgan fingerprint density at radius 1 is 1.19 bits per heavy atom. The van der Waals surface area contributed by atoms with E-state index >= 15 is 0 Å². The fourth-order valence-corrected chi connectivity index (χ4v) is 3.57. The molecule has 1 fully saturated rings. The Hall–Kier alpha value is -2.80. The molecule has 0 unspecified atom stereocenters. The summed E-state index contributed by atoms with van der Waals surface area (Å²) in [5.74, 6) is 0.535. The average molecular weight is 390 g/mol. The summed E-state index contributed by atoms with van der Waals surface area (Å²) >= 11 is 6.22. The van der Waals surface area contributed by atoms with Crippen LogP contribution in [0.3, 0.4) is 0 Å². The molecule has 27 heavy (non-hydrogen) atoms. The molecule has 2 aromatic rings. The van der Waals surface area contributed by atoms with Gasteiger partial charge in [-0.2, -0.15) is 0 Å². The summed E-state index contributed by atoms with van der Waals surface area (Å²) in [7, 11) is 1.56. The standard InChI is InChI=1S/C19H20ClN3O4/c1-13-4-3-5-15(18(13)27-2)19(24)22-10-8-21(9-11-22)17-7-6-14(23(25)26)12-16(17)20/h3-7,12H,8-11H2,1-2H3. The first-order valence-corrected chi connectivity index (χ1v) is 8.92. The van der Waals surface area contributed by atoms with E-state index in [2.05, 4.69) is 0 Å². The minimum Gasteiger partial charge on any atom is -0.496 e. The fourth-order valence-electron chi connectivity index (χ4n) is 3.28. The number of hydrogen-bond donors (Lipinski definition) is 0. The van der Waals surface area contributed by atoms with Crippen LogP contribution in [0.2, 0.25) is 5.02 Å². The highest BCUT2D eigenvalue weighted by Crippen LogP contribution is 2.31. The van der Waals surface area contributed by atoms with Crippen LogP contribution >= 0.6 is 11.6 Å². The summed E-state index contributed by atoms with van der Waals surface area (Å²) in [6.45, 7) is 4.16. The molecule has 1 amide bonds. The number of ether oxygens (including phenoxy) is 1. The first-order chi connectivity index (χ1) is 12.9. The van der Waals surface area contributed by atoms with Gasteiger partial charge in [0.15, 0.2) is 0 Å². The molecule has 3 rings (SSSR count). The highest BCUT2D eigenvalue weighted by atomic mass is 35.5. The van der Waals surface area contributed by atoms with Crippen molar-refractivity contribution in [1.82, 2.24) is 4.90 Å². The van der Waals surface area contributed by atoms with Crippen LogP contribution in [0.4, 0.5) is 11.4 Å². The zero-order valence-electron chi connectivity index (χ0n) is 15.1. The van der Waals surface area contributed by atoms with E-state index in [0.717, 1.165) is 11.3 Å². The lowest BCUT2D eigenvalue weighted by molar-refractivity contribution is -0.384. The van der Waals surface area contributed by atoms with E-state index in [-0.39, 0.29) is 11.6 Å². The number of anilines is 1. The Kier molecular flexibility index (Phi) is 5.51. The van der Waals surface area contributed by atoms with Crippen LogP contribution in [0.15, 0.2) is 36.4 Å². The van der Waals surface area contributed by atoms with Gasteiger partial charge in [0.25, 0.3) is 11.6 Å². The normalized spacial score (nSPS) is 14.2. The van der Waals surface area contributed by atoms with Crippen LogP contribution in [-0.2, 0) is 0 Å². The Bertz CT molecular complexity index is 879. The molecule has 0 bridgehead atoms. The van der Waals surface area contributed by atoms with Gasteiger partial charge in [-0.25, -0.2) is 0 Å². The number of benzene rings is 2. The molecule has 142 valence electrons. The van der Waals surface area contributed by atoms with Gasteiger partial charge in [-0.05, 0) is 24.6 Å². The summed E-state index contributed by atoms with van der Waals surface area (Å²) in [5, 5.41) is 11.2. The van der Waals surface area contributed by atoms with E-state index in [1.54, 1.807) is 24.1 Å². The van der Waals surface area contributed by atoms with Crippen LogP contribution in [-0.4, -0.2) is 49.0 Å². The zero-order valence-corrected chi connectivity index (χ0v) is 15.9. The van der Waals surface area contributed by atoms with Crippen molar-refractivity contribution in [3.8, 4) is 5.75 Å². The molecule has 0 radical (unpaired) electrons. The number of nitrogens with zero attached hydrogens (tertiary/aromatic N) is 3.